The molecule has 1 heterocycles. The van der Waals surface area contributed by atoms with E-state index < -0.39 is 0 Å². The number of aryl methyl sites for hydroxylation is 1. The van der Waals surface area contributed by atoms with E-state index in [1.165, 1.54) is 5.56 Å². The van der Waals surface area contributed by atoms with Gasteiger partial charge in [0.25, 0.3) is 0 Å². The molecule has 0 atom stereocenters. The topological polar surface area (TPSA) is 53.1 Å². The van der Waals surface area contributed by atoms with E-state index >= 15 is 0 Å². The smallest absolute Gasteiger partial charge is 0.226 e. The summed E-state index contributed by atoms with van der Waals surface area (Å²) >= 11 is 0. The van der Waals surface area contributed by atoms with Crippen LogP contribution in [0.4, 0.5) is 0 Å². The Kier molecular flexibility index (Phi) is 3.75. The number of aromatic nitrogens is 1. The molecule has 0 saturated heterocycles. The van der Waals surface area contributed by atoms with Crippen LogP contribution in [0.3, 0.4) is 0 Å². The molecule has 4 heteroatoms. The summed E-state index contributed by atoms with van der Waals surface area (Å²) in [5.41, 5.74) is 3.01. The molecular weight excluding hydrogens is 226 g/mol. The number of rotatable bonds is 4. The standard InChI is InChI=1S/C14H15N3O/c1-11-3-5-12(6-4-11)14-16-13(10-18-14)9-17(2)8-7-15/h3-6,10H,8-9H2,1-2H3. The molecule has 0 aliphatic heterocycles. The van der Waals surface area contributed by atoms with Crippen molar-refractivity contribution in [3.05, 3.63) is 41.8 Å². The average molecular weight is 241 g/mol. The quantitative estimate of drug-likeness (QED) is 0.772. The summed E-state index contributed by atoms with van der Waals surface area (Å²) < 4.78 is 5.45. The minimum atomic E-state index is 0.382. The van der Waals surface area contributed by atoms with Gasteiger partial charge in [-0.2, -0.15) is 5.26 Å². The first-order chi connectivity index (χ1) is 8.69. The molecule has 0 amide bonds. The van der Waals surface area contributed by atoms with Gasteiger partial charge in [-0.15, -0.1) is 0 Å². The van der Waals surface area contributed by atoms with Crippen LogP contribution >= 0.6 is 0 Å². The maximum absolute atomic E-state index is 8.59. The molecule has 0 radical (unpaired) electrons. The Labute approximate surface area is 106 Å². The van der Waals surface area contributed by atoms with E-state index in [9.17, 15) is 0 Å². The molecule has 92 valence electrons. The van der Waals surface area contributed by atoms with Crippen LogP contribution in [-0.2, 0) is 6.54 Å². The second-order valence-corrected chi connectivity index (χ2v) is 4.34. The van der Waals surface area contributed by atoms with Crippen molar-refractivity contribution < 1.29 is 4.42 Å². The Bertz CT molecular complexity index is 551. The summed E-state index contributed by atoms with van der Waals surface area (Å²) in [6.07, 6.45) is 1.64. The first-order valence-corrected chi connectivity index (χ1v) is 5.76. The Morgan fingerprint density at radius 3 is 2.72 bits per heavy atom. The van der Waals surface area contributed by atoms with E-state index in [1.807, 2.05) is 43.1 Å². The van der Waals surface area contributed by atoms with Crippen molar-refractivity contribution in [2.75, 3.05) is 13.6 Å². The zero-order valence-corrected chi connectivity index (χ0v) is 10.6. The number of benzene rings is 1. The highest BCUT2D eigenvalue weighted by Crippen LogP contribution is 2.19. The third kappa shape index (κ3) is 2.96. The molecule has 1 aromatic carbocycles. The summed E-state index contributed by atoms with van der Waals surface area (Å²) in [6, 6.07) is 10.1. The molecule has 2 aromatic rings. The van der Waals surface area contributed by atoms with Gasteiger partial charge in [-0.1, -0.05) is 17.7 Å². The molecule has 4 nitrogen and oxygen atoms in total. The number of oxazole rings is 1. The molecule has 1 aromatic heterocycles. The fraction of sp³-hybridized carbons (Fsp3) is 0.286. The molecule has 0 aliphatic rings. The number of nitrogens with zero attached hydrogens (tertiary/aromatic N) is 3. The molecule has 0 bridgehead atoms. The van der Waals surface area contributed by atoms with Gasteiger partial charge in [-0.3, -0.25) is 4.90 Å². The molecule has 2 rings (SSSR count). The van der Waals surface area contributed by atoms with Crippen LogP contribution in [0.25, 0.3) is 11.5 Å². The van der Waals surface area contributed by atoms with Crippen LogP contribution in [0.15, 0.2) is 34.9 Å². The Balaban J connectivity index is 2.11. The fourth-order valence-electron chi connectivity index (χ4n) is 1.66. The summed E-state index contributed by atoms with van der Waals surface area (Å²) in [5, 5.41) is 8.59. The molecule has 0 aliphatic carbocycles. The first-order valence-electron chi connectivity index (χ1n) is 5.76. The summed E-state index contributed by atoms with van der Waals surface area (Å²) in [4.78, 5) is 6.30. The lowest BCUT2D eigenvalue weighted by molar-refractivity contribution is 0.362. The van der Waals surface area contributed by atoms with Gasteiger partial charge in [0.1, 0.15) is 6.26 Å². The number of hydrogen-bond acceptors (Lipinski definition) is 4. The van der Waals surface area contributed by atoms with E-state index in [4.69, 9.17) is 9.68 Å². The molecule has 18 heavy (non-hydrogen) atoms. The van der Waals surface area contributed by atoms with Crippen LogP contribution < -0.4 is 0 Å². The van der Waals surface area contributed by atoms with E-state index in [0.29, 0.717) is 19.0 Å². The predicted octanol–water partition coefficient (Wildman–Crippen LogP) is 2.61. The Morgan fingerprint density at radius 1 is 1.33 bits per heavy atom. The van der Waals surface area contributed by atoms with Crippen molar-refractivity contribution in [3.8, 4) is 17.5 Å². The largest absolute Gasteiger partial charge is 0.444 e. The summed E-state index contributed by atoms with van der Waals surface area (Å²) in [7, 11) is 1.88. The zero-order valence-electron chi connectivity index (χ0n) is 10.6. The van der Waals surface area contributed by atoms with E-state index in [1.54, 1.807) is 6.26 Å². The van der Waals surface area contributed by atoms with Crippen LogP contribution in [0.1, 0.15) is 11.3 Å². The summed E-state index contributed by atoms with van der Waals surface area (Å²) in [6.45, 7) is 3.04. The van der Waals surface area contributed by atoms with Gasteiger partial charge in [0.05, 0.1) is 18.3 Å². The maximum Gasteiger partial charge on any atom is 0.226 e. The molecule has 0 spiro atoms. The van der Waals surface area contributed by atoms with Gasteiger partial charge in [0.2, 0.25) is 5.89 Å². The average Bonchev–Trinajstić information content (AvgIpc) is 2.78. The highest BCUT2D eigenvalue weighted by molar-refractivity contribution is 5.53. The van der Waals surface area contributed by atoms with Gasteiger partial charge >= 0.3 is 0 Å². The minimum absolute atomic E-state index is 0.382. The first kappa shape index (κ1) is 12.3. The Morgan fingerprint density at radius 2 is 2.06 bits per heavy atom. The van der Waals surface area contributed by atoms with Crippen LogP contribution in [0, 0.1) is 18.3 Å². The highest BCUT2D eigenvalue weighted by Gasteiger charge is 2.08. The second kappa shape index (κ2) is 5.48. The third-order valence-corrected chi connectivity index (χ3v) is 2.62. The van der Waals surface area contributed by atoms with Crippen molar-refractivity contribution in [1.82, 2.24) is 9.88 Å². The SMILES string of the molecule is Cc1ccc(-c2nc(CN(C)CC#N)co2)cc1. The van der Waals surface area contributed by atoms with Crippen molar-refractivity contribution in [2.45, 2.75) is 13.5 Å². The molecule has 0 unspecified atom stereocenters. The normalized spacial score (nSPS) is 10.6. The fourth-order valence-corrected chi connectivity index (χ4v) is 1.66. The zero-order chi connectivity index (χ0) is 13.0. The molecule has 0 saturated carbocycles. The second-order valence-electron chi connectivity index (χ2n) is 4.34. The van der Waals surface area contributed by atoms with Gasteiger partial charge in [-0.25, -0.2) is 4.98 Å². The van der Waals surface area contributed by atoms with Gasteiger partial charge < -0.3 is 4.42 Å². The van der Waals surface area contributed by atoms with Crippen molar-refractivity contribution in [3.63, 3.8) is 0 Å². The van der Waals surface area contributed by atoms with Crippen molar-refractivity contribution in [1.29, 1.82) is 5.26 Å². The molecule has 0 fully saturated rings. The van der Waals surface area contributed by atoms with E-state index in [0.717, 1.165) is 11.3 Å². The number of nitriles is 1. The maximum atomic E-state index is 8.59. The number of hydrogen-bond donors (Lipinski definition) is 0. The van der Waals surface area contributed by atoms with Crippen LogP contribution in [0.5, 0.6) is 0 Å². The monoisotopic (exact) mass is 241 g/mol. The lowest BCUT2D eigenvalue weighted by atomic mass is 10.1. The predicted molar refractivity (Wildman–Crippen MR) is 68.6 cm³/mol. The van der Waals surface area contributed by atoms with Crippen molar-refractivity contribution >= 4 is 0 Å². The Hall–Kier alpha value is -2.12. The minimum Gasteiger partial charge on any atom is -0.444 e. The molecular formula is C14H15N3O. The van der Waals surface area contributed by atoms with Crippen molar-refractivity contribution in [2.24, 2.45) is 0 Å². The van der Waals surface area contributed by atoms with Crippen LogP contribution in [-0.4, -0.2) is 23.5 Å². The highest BCUT2D eigenvalue weighted by atomic mass is 16.3. The summed E-state index contributed by atoms with van der Waals surface area (Å²) in [5.74, 6) is 0.621. The van der Waals surface area contributed by atoms with Crippen LogP contribution in [0.2, 0.25) is 0 Å². The lowest BCUT2D eigenvalue weighted by Gasteiger charge is -2.08. The molecule has 0 N–H and O–H groups in total. The van der Waals surface area contributed by atoms with Gasteiger partial charge in [-0.05, 0) is 26.1 Å². The third-order valence-electron chi connectivity index (χ3n) is 2.62. The van der Waals surface area contributed by atoms with Gasteiger partial charge in [0.15, 0.2) is 0 Å². The van der Waals surface area contributed by atoms with E-state index in [-0.39, 0.29) is 0 Å². The lowest BCUT2D eigenvalue weighted by Crippen LogP contribution is -2.17. The van der Waals surface area contributed by atoms with Gasteiger partial charge in [0, 0.05) is 12.1 Å². The van der Waals surface area contributed by atoms with E-state index in [2.05, 4.69) is 11.1 Å².